The van der Waals surface area contributed by atoms with Crippen LogP contribution < -0.4 is 9.30 Å². The molecule has 3 aliphatic rings. The van der Waals surface area contributed by atoms with Crippen molar-refractivity contribution < 1.29 is 9.30 Å². The van der Waals surface area contributed by atoms with E-state index in [9.17, 15) is 0 Å². The van der Waals surface area contributed by atoms with Gasteiger partial charge in [0.2, 0.25) is 0 Å². The molecule has 3 aromatic heterocycles. The minimum atomic E-state index is -0.413. The van der Waals surface area contributed by atoms with Gasteiger partial charge in [-0.25, -0.2) is 4.98 Å². The lowest BCUT2D eigenvalue weighted by Crippen LogP contribution is -2.30. The molecule has 0 saturated carbocycles. The van der Waals surface area contributed by atoms with Crippen LogP contribution in [0.5, 0.6) is 11.5 Å². The van der Waals surface area contributed by atoms with Crippen LogP contribution in [0.4, 0.5) is 0 Å². The minimum Gasteiger partial charge on any atom is -0.458 e. The lowest BCUT2D eigenvalue weighted by atomic mass is 9.70. The number of benzene rings is 11. The van der Waals surface area contributed by atoms with E-state index < -0.39 is 5.41 Å². The van der Waals surface area contributed by atoms with Gasteiger partial charge in [0.05, 0.1) is 38.9 Å². The minimum absolute atomic E-state index is 0.0300. The number of nitrogens with zero attached hydrogens (tertiary/aromatic N) is 4. The Morgan fingerprint density at radius 3 is 1.77 bits per heavy atom. The first-order chi connectivity index (χ1) is 40.3. The molecule has 17 rings (SSSR count). The third-order valence-electron chi connectivity index (χ3n) is 17.8. The molecule has 0 radical (unpaired) electrons. The first-order valence-electron chi connectivity index (χ1n) is 28.4. The van der Waals surface area contributed by atoms with Crippen molar-refractivity contribution in [2.45, 2.75) is 31.6 Å². The van der Waals surface area contributed by atoms with E-state index in [-0.39, 0.29) is 5.41 Å². The summed E-state index contributed by atoms with van der Waals surface area (Å²) in [7, 11) is 0. The maximum absolute atomic E-state index is 6.89. The second kappa shape index (κ2) is 17.3. The number of hydrogen-bond donors (Lipinski definition) is 0. The summed E-state index contributed by atoms with van der Waals surface area (Å²) in [6.45, 7) is 6.73. The molecule has 1 spiro atoms. The fourth-order valence-electron chi connectivity index (χ4n) is 14.2. The molecule has 0 bridgehead atoms. The van der Waals surface area contributed by atoms with E-state index in [0.29, 0.717) is 0 Å². The normalized spacial score (nSPS) is 13.2. The monoisotopic (exact) mass is 1050 g/mol. The van der Waals surface area contributed by atoms with Crippen molar-refractivity contribution >= 4 is 32.8 Å². The van der Waals surface area contributed by atoms with Gasteiger partial charge in [-0.1, -0.05) is 209 Å². The molecule has 14 aromatic rings. The quantitative estimate of drug-likeness (QED) is 0.127. The van der Waals surface area contributed by atoms with E-state index in [1.54, 1.807) is 0 Å². The molecule has 0 unspecified atom stereocenters. The molecule has 386 valence electrons. The summed E-state index contributed by atoms with van der Waals surface area (Å²) in [6.07, 6.45) is 5.87. The number of ether oxygens (including phenoxy) is 1. The fraction of sp³-hybridized carbons (Fsp3) is 0.0649. The molecule has 0 fully saturated rings. The van der Waals surface area contributed by atoms with Gasteiger partial charge in [0.1, 0.15) is 17.3 Å². The average Bonchev–Trinajstić information content (AvgIpc) is 1.83. The van der Waals surface area contributed by atoms with Gasteiger partial charge >= 0.3 is 0 Å². The van der Waals surface area contributed by atoms with Crippen LogP contribution in [0.1, 0.15) is 48.6 Å². The van der Waals surface area contributed by atoms with Crippen molar-refractivity contribution in [1.82, 2.24) is 14.1 Å². The van der Waals surface area contributed by atoms with Crippen molar-refractivity contribution in [3.05, 3.63) is 295 Å². The van der Waals surface area contributed by atoms with Crippen LogP contribution in [0.3, 0.4) is 0 Å². The third-order valence-corrected chi connectivity index (χ3v) is 17.8. The van der Waals surface area contributed by atoms with Crippen LogP contribution in [-0.4, -0.2) is 14.1 Å². The van der Waals surface area contributed by atoms with Gasteiger partial charge in [-0.2, -0.15) is 0 Å². The molecule has 1 aliphatic heterocycles. The molecule has 2 aliphatic carbocycles. The van der Waals surface area contributed by atoms with E-state index in [0.717, 1.165) is 72.8 Å². The smallest absolute Gasteiger partial charge is 0.269 e. The molecule has 5 nitrogen and oxygen atoms in total. The Labute approximate surface area is 475 Å². The fourth-order valence-corrected chi connectivity index (χ4v) is 14.2. The number of hydrogen-bond acceptors (Lipinski definition) is 2. The molecule has 82 heavy (non-hydrogen) atoms. The predicted molar refractivity (Wildman–Crippen MR) is 333 cm³/mol. The average molecular weight is 1050 g/mol. The molecular weight excluding hydrogens is 997 g/mol. The van der Waals surface area contributed by atoms with E-state index >= 15 is 0 Å². The third kappa shape index (κ3) is 6.56. The van der Waals surface area contributed by atoms with Crippen molar-refractivity contribution in [1.29, 1.82) is 0 Å². The number of fused-ring (bicyclic) bond motifs is 20. The summed E-state index contributed by atoms with van der Waals surface area (Å²) in [5.74, 6) is 2.34. The van der Waals surface area contributed by atoms with Gasteiger partial charge in [0.25, 0.3) is 6.33 Å². The number of pyridine rings is 1. The van der Waals surface area contributed by atoms with Crippen LogP contribution >= 0.6 is 0 Å². The van der Waals surface area contributed by atoms with Crippen LogP contribution in [0, 0.1) is 6.33 Å². The molecule has 11 aromatic carbocycles. The molecule has 0 N–H and O–H groups in total. The Balaban J connectivity index is 0.815. The SMILES string of the molecule is CC(C)(C)c1ccnc(-n2c3ccccc3c3ccc(Oc4cccc(-n5[c-][n+]6c7c(cccc75)-c5ccccc5-c5cccc(-c7ccc8c(c7)-c7ccccc7C87c8ccccc8-c8ccccc87)c5-c5ccccc5-6)c4)cc32)c1. The molecule has 0 atom stereocenters. The topological polar surface area (TPSA) is 35.9 Å². The summed E-state index contributed by atoms with van der Waals surface area (Å²) < 4.78 is 13.6. The second-order valence-electron chi connectivity index (χ2n) is 23.2. The van der Waals surface area contributed by atoms with Gasteiger partial charge in [0, 0.05) is 23.0 Å². The van der Waals surface area contributed by atoms with Gasteiger partial charge in [-0.05, 0) is 161 Å². The van der Waals surface area contributed by atoms with Gasteiger partial charge < -0.3 is 4.74 Å². The number of imidazole rings is 1. The van der Waals surface area contributed by atoms with Crippen LogP contribution in [0.15, 0.2) is 261 Å². The summed E-state index contributed by atoms with van der Waals surface area (Å²) in [5, 5.41) is 2.32. The van der Waals surface area contributed by atoms with E-state index in [4.69, 9.17) is 9.72 Å². The Morgan fingerprint density at radius 2 is 1.00 bits per heavy atom. The lowest BCUT2D eigenvalue weighted by Gasteiger charge is -2.30. The summed E-state index contributed by atoms with van der Waals surface area (Å²) in [4.78, 5) is 4.93. The Hall–Kier alpha value is -10.4. The summed E-state index contributed by atoms with van der Waals surface area (Å²) in [5.41, 5.74) is 26.9. The first-order valence-corrected chi connectivity index (χ1v) is 28.4. The van der Waals surface area contributed by atoms with Crippen LogP contribution in [0.2, 0.25) is 0 Å². The van der Waals surface area contributed by atoms with Crippen molar-refractivity contribution in [2.75, 3.05) is 0 Å². The lowest BCUT2D eigenvalue weighted by molar-refractivity contribution is -0.571. The number of rotatable bonds is 5. The van der Waals surface area contributed by atoms with E-state index in [1.807, 2.05) is 12.3 Å². The number of aromatic nitrogens is 4. The predicted octanol–water partition coefficient (Wildman–Crippen LogP) is 18.6. The van der Waals surface area contributed by atoms with Gasteiger partial charge in [0.15, 0.2) is 0 Å². The number of para-hydroxylation sites is 3. The molecule has 5 heteroatoms. The highest BCUT2D eigenvalue weighted by Gasteiger charge is 2.51. The summed E-state index contributed by atoms with van der Waals surface area (Å²) in [6, 6.07) is 93.5. The van der Waals surface area contributed by atoms with Crippen molar-refractivity contribution in [2.24, 2.45) is 0 Å². The largest absolute Gasteiger partial charge is 0.458 e. The molecule has 0 saturated heterocycles. The van der Waals surface area contributed by atoms with E-state index in [2.05, 4.69) is 290 Å². The van der Waals surface area contributed by atoms with Gasteiger partial charge in [-0.3, -0.25) is 13.7 Å². The van der Waals surface area contributed by atoms with E-state index in [1.165, 1.54) is 83.3 Å². The van der Waals surface area contributed by atoms with Crippen molar-refractivity contribution in [3.63, 3.8) is 0 Å². The Morgan fingerprint density at radius 1 is 0.427 bits per heavy atom. The molecular formula is C77H52N4O. The maximum atomic E-state index is 6.89. The van der Waals surface area contributed by atoms with Crippen LogP contribution in [0.25, 0.3) is 117 Å². The van der Waals surface area contributed by atoms with Crippen LogP contribution in [-0.2, 0) is 10.8 Å². The Bertz CT molecular complexity index is 4980. The highest BCUT2D eigenvalue weighted by atomic mass is 16.5. The Kier molecular flexibility index (Phi) is 9.83. The summed E-state index contributed by atoms with van der Waals surface area (Å²) >= 11 is 0. The molecule has 4 heterocycles. The molecule has 0 amide bonds. The standard InChI is InChI=1S/C77H52N4O/c1-76(2,3)49-41-42-78-73(44-49)81-70-35-15-9-26-59(70)60-39-38-52(46-72(60)81)82-51-20-16-19-50(45-51)79-47-80-69-34-14-10-27-63(69)74-53(28-17-29-61(74)54-21-4-5-22-55(54)62-30-18-36-71(79)75(62)80)48-37-40-68-64(43-48)58-25-8-13-33-67(58)77(68)65-31-11-6-23-56(65)57-24-7-12-32-66(57)77/h4-46H,1-3H3. The zero-order valence-electron chi connectivity index (χ0n) is 45.5. The maximum Gasteiger partial charge on any atom is 0.269 e. The van der Waals surface area contributed by atoms with Crippen molar-refractivity contribution in [3.8, 4) is 95.5 Å². The highest BCUT2D eigenvalue weighted by Crippen LogP contribution is 2.63. The highest BCUT2D eigenvalue weighted by molar-refractivity contribution is 6.10. The first kappa shape index (κ1) is 46.5. The zero-order chi connectivity index (χ0) is 54.4. The second-order valence-corrected chi connectivity index (χ2v) is 23.2. The van der Waals surface area contributed by atoms with Gasteiger partial charge in [-0.15, -0.1) is 0 Å². The zero-order valence-corrected chi connectivity index (χ0v) is 45.5.